The van der Waals surface area contributed by atoms with Crippen molar-refractivity contribution in [3.63, 3.8) is 0 Å². The van der Waals surface area contributed by atoms with E-state index in [9.17, 15) is 9.18 Å². The SMILES string of the molecule is O=C([C@H]1CC[C@@H](NCCO)CO1)N1CCc2ccccc2[C@@H]1c1ccc(F)cc1. The zero-order valence-corrected chi connectivity index (χ0v) is 16.4. The van der Waals surface area contributed by atoms with Crippen LogP contribution in [0.2, 0.25) is 0 Å². The Hall–Kier alpha value is -2.28. The van der Waals surface area contributed by atoms with Crippen molar-refractivity contribution >= 4 is 5.91 Å². The van der Waals surface area contributed by atoms with E-state index in [1.807, 2.05) is 17.0 Å². The summed E-state index contributed by atoms with van der Waals surface area (Å²) in [7, 11) is 0. The first-order valence-corrected chi connectivity index (χ1v) is 10.3. The molecule has 2 aliphatic rings. The Morgan fingerprint density at radius 2 is 1.97 bits per heavy atom. The van der Waals surface area contributed by atoms with E-state index in [4.69, 9.17) is 9.84 Å². The van der Waals surface area contributed by atoms with Crippen LogP contribution in [0, 0.1) is 5.82 Å². The van der Waals surface area contributed by atoms with Crippen LogP contribution in [0.1, 0.15) is 35.6 Å². The third-order valence-corrected chi connectivity index (χ3v) is 5.85. The minimum atomic E-state index is -0.463. The van der Waals surface area contributed by atoms with Gasteiger partial charge in [0.1, 0.15) is 11.9 Å². The maximum atomic E-state index is 13.5. The van der Waals surface area contributed by atoms with Gasteiger partial charge >= 0.3 is 0 Å². The molecule has 154 valence electrons. The standard InChI is InChI=1S/C23H27FN2O3/c24-18-7-5-17(6-8-18)22-20-4-2-1-3-16(20)11-13-26(22)23(28)21-10-9-19(15-29-21)25-12-14-27/h1-8,19,21-22,25,27H,9-15H2/t19-,21-,22+/m1/s1. The molecular formula is C23H27FN2O3. The summed E-state index contributed by atoms with van der Waals surface area (Å²) in [6.07, 6.45) is 1.82. The first-order valence-electron chi connectivity index (χ1n) is 10.3. The van der Waals surface area contributed by atoms with Gasteiger partial charge < -0.3 is 20.1 Å². The summed E-state index contributed by atoms with van der Waals surface area (Å²) in [6.45, 7) is 1.69. The van der Waals surface area contributed by atoms with E-state index in [2.05, 4.69) is 17.4 Å². The quantitative estimate of drug-likeness (QED) is 0.812. The number of carbonyl (C=O) groups is 1. The summed E-state index contributed by atoms with van der Waals surface area (Å²) in [5.74, 6) is -0.290. The highest BCUT2D eigenvalue weighted by Crippen LogP contribution is 2.36. The summed E-state index contributed by atoms with van der Waals surface area (Å²) < 4.78 is 19.4. The highest BCUT2D eigenvalue weighted by molar-refractivity contribution is 5.82. The molecule has 0 radical (unpaired) electrons. The highest BCUT2D eigenvalue weighted by Gasteiger charge is 2.37. The molecular weight excluding hydrogens is 371 g/mol. The monoisotopic (exact) mass is 398 g/mol. The van der Waals surface area contributed by atoms with Gasteiger partial charge in [-0.2, -0.15) is 0 Å². The number of nitrogens with zero attached hydrogens (tertiary/aromatic N) is 1. The number of nitrogens with one attached hydrogen (secondary N) is 1. The molecule has 0 spiro atoms. The number of ether oxygens (including phenoxy) is 1. The summed E-state index contributed by atoms with van der Waals surface area (Å²) in [5.41, 5.74) is 3.23. The van der Waals surface area contributed by atoms with Crippen LogP contribution in [0.25, 0.3) is 0 Å². The topological polar surface area (TPSA) is 61.8 Å². The van der Waals surface area contributed by atoms with Crippen molar-refractivity contribution in [1.82, 2.24) is 10.2 Å². The van der Waals surface area contributed by atoms with E-state index in [-0.39, 0.29) is 30.4 Å². The van der Waals surface area contributed by atoms with Gasteiger partial charge in [-0.25, -0.2) is 4.39 Å². The number of aliphatic hydroxyl groups excluding tert-OH is 1. The lowest BCUT2D eigenvalue weighted by atomic mass is 9.87. The molecule has 2 N–H and O–H groups in total. The Morgan fingerprint density at radius 1 is 1.17 bits per heavy atom. The van der Waals surface area contributed by atoms with Crippen molar-refractivity contribution < 1.29 is 19.0 Å². The Balaban J connectivity index is 1.55. The molecule has 0 aromatic heterocycles. The number of carbonyl (C=O) groups excluding carboxylic acids is 1. The fraction of sp³-hybridized carbons (Fsp3) is 0.435. The van der Waals surface area contributed by atoms with Crippen molar-refractivity contribution in [1.29, 1.82) is 0 Å². The number of fused-ring (bicyclic) bond motifs is 1. The van der Waals surface area contributed by atoms with Crippen molar-refractivity contribution in [3.8, 4) is 0 Å². The second-order valence-corrected chi connectivity index (χ2v) is 7.71. The van der Waals surface area contributed by atoms with Crippen molar-refractivity contribution in [2.45, 2.75) is 37.5 Å². The normalized spacial score (nSPS) is 24.2. The second kappa shape index (κ2) is 9.03. The van der Waals surface area contributed by atoms with Crippen LogP contribution in [0.15, 0.2) is 48.5 Å². The molecule has 1 amide bonds. The van der Waals surface area contributed by atoms with E-state index in [1.165, 1.54) is 17.7 Å². The molecule has 0 unspecified atom stereocenters. The third-order valence-electron chi connectivity index (χ3n) is 5.85. The summed E-state index contributed by atoms with van der Waals surface area (Å²) in [6, 6.07) is 14.5. The van der Waals surface area contributed by atoms with Gasteiger partial charge in [-0.1, -0.05) is 36.4 Å². The lowest BCUT2D eigenvalue weighted by Gasteiger charge is -2.40. The van der Waals surface area contributed by atoms with Crippen molar-refractivity contribution in [2.24, 2.45) is 0 Å². The number of hydrogen-bond acceptors (Lipinski definition) is 4. The molecule has 3 atom stereocenters. The van der Waals surface area contributed by atoms with E-state index in [1.54, 1.807) is 12.1 Å². The third kappa shape index (κ3) is 4.34. The molecule has 0 aliphatic carbocycles. The van der Waals surface area contributed by atoms with Crippen LogP contribution in [0.4, 0.5) is 4.39 Å². The van der Waals surface area contributed by atoms with Crippen LogP contribution in [0.5, 0.6) is 0 Å². The summed E-state index contributed by atoms with van der Waals surface area (Å²) in [5, 5.41) is 12.2. The predicted molar refractivity (Wildman–Crippen MR) is 108 cm³/mol. The van der Waals surface area contributed by atoms with E-state index in [0.29, 0.717) is 26.1 Å². The fourth-order valence-corrected chi connectivity index (χ4v) is 4.37. The molecule has 0 bridgehead atoms. The van der Waals surface area contributed by atoms with Gasteiger partial charge in [-0.05, 0) is 48.1 Å². The molecule has 1 saturated heterocycles. The van der Waals surface area contributed by atoms with Crippen molar-refractivity contribution in [2.75, 3.05) is 26.3 Å². The number of benzene rings is 2. The Bertz CT molecular complexity index is 834. The zero-order chi connectivity index (χ0) is 20.2. The lowest BCUT2D eigenvalue weighted by molar-refractivity contribution is -0.149. The number of rotatable bonds is 5. The summed E-state index contributed by atoms with van der Waals surface area (Å²) >= 11 is 0. The number of aliphatic hydroxyl groups is 1. The smallest absolute Gasteiger partial charge is 0.252 e. The Kier molecular flexibility index (Phi) is 6.23. The first kappa shape index (κ1) is 20.0. The Labute approximate surface area is 170 Å². The molecule has 0 saturated carbocycles. The number of amides is 1. The molecule has 2 heterocycles. The molecule has 29 heavy (non-hydrogen) atoms. The maximum absolute atomic E-state index is 13.5. The van der Waals surface area contributed by atoms with Gasteiger partial charge in [0.25, 0.3) is 5.91 Å². The molecule has 6 heteroatoms. The van der Waals surface area contributed by atoms with Gasteiger partial charge in [0, 0.05) is 19.1 Å². The van der Waals surface area contributed by atoms with E-state index < -0.39 is 6.10 Å². The average molecular weight is 398 g/mol. The van der Waals surface area contributed by atoms with E-state index >= 15 is 0 Å². The molecule has 2 aromatic carbocycles. The molecule has 2 aliphatic heterocycles. The van der Waals surface area contributed by atoms with Crippen LogP contribution < -0.4 is 5.32 Å². The number of hydrogen-bond donors (Lipinski definition) is 2. The minimum Gasteiger partial charge on any atom is -0.395 e. The van der Waals surface area contributed by atoms with Crippen LogP contribution >= 0.6 is 0 Å². The van der Waals surface area contributed by atoms with E-state index in [0.717, 1.165) is 24.0 Å². The average Bonchev–Trinajstić information content (AvgIpc) is 2.77. The second-order valence-electron chi connectivity index (χ2n) is 7.71. The van der Waals surface area contributed by atoms with Crippen molar-refractivity contribution in [3.05, 3.63) is 71.0 Å². The minimum absolute atomic E-state index is 0.00515. The zero-order valence-electron chi connectivity index (χ0n) is 16.4. The summed E-state index contributed by atoms with van der Waals surface area (Å²) in [4.78, 5) is 15.3. The Morgan fingerprint density at radius 3 is 2.69 bits per heavy atom. The van der Waals surface area contributed by atoms with Gasteiger partial charge in [0.05, 0.1) is 19.3 Å². The maximum Gasteiger partial charge on any atom is 0.252 e. The van der Waals surface area contributed by atoms with Gasteiger partial charge in [0.15, 0.2) is 0 Å². The number of halogens is 1. The largest absolute Gasteiger partial charge is 0.395 e. The highest BCUT2D eigenvalue weighted by atomic mass is 19.1. The molecule has 4 rings (SSSR count). The van der Waals surface area contributed by atoms with Gasteiger partial charge in [-0.15, -0.1) is 0 Å². The van der Waals surface area contributed by atoms with Crippen LogP contribution in [0.3, 0.4) is 0 Å². The lowest BCUT2D eigenvalue weighted by Crippen LogP contribution is -2.50. The van der Waals surface area contributed by atoms with Crippen LogP contribution in [-0.2, 0) is 16.0 Å². The van der Waals surface area contributed by atoms with Gasteiger partial charge in [0.2, 0.25) is 0 Å². The van der Waals surface area contributed by atoms with Crippen LogP contribution in [-0.4, -0.2) is 54.4 Å². The predicted octanol–water partition coefficient (Wildman–Crippen LogP) is 2.43. The van der Waals surface area contributed by atoms with Gasteiger partial charge in [-0.3, -0.25) is 4.79 Å². The molecule has 1 fully saturated rings. The molecule has 2 aromatic rings. The first-order chi connectivity index (χ1) is 14.2. The fourth-order valence-electron chi connectivity index (χ4n) is 4.37. The molecule has 5 nitrogen and oxygen atoms in total.